The lowest BCUT2D eigenvalue weighted by Gasteiger charge is -2.43. The zero-order valence-corrected chi connectivity index (χ0v) is 19.0. The molecular formula is C27H37NO3. The summed E-state index contributed by atoms with van der Waals surface area (Å²) in [5.41, 5.74) is 2.33. The molecule has 2 N–H and O–H groups in total. The number of nitrogens with zero attached hydrogens (tertiary/aromatic N) is 1. The summed E-state index contributed by atoms with van der Waals surface area (Å²) >= 11 is 0. The molecule has 0 unspecified atom stereocenters. The van der Waals surface area contributed by atoms with Crippen LogP contribution in [0.4, 0.5) is 0 Å². The maximum absolute atomic E-state index is 11.2. The topological polar surface area (TPSA) is 52.9 Å². The van der Waals surface area contributed by atoms with E-state index in [0.717, 1.165) is 50.1 Å². The van der Waals surface area contributed by atoms with Crippen LogP contribution in [0.1, 0.15) is 61.1 Å². The van der Waals surface area contributed by atoms with E-state index in [1.54, 1.807) is 0 Å². The summed E-state index contributed by atoms with van der Waals surface area (Å²) in [6, 6.07) is 16.8. The van der Waals surface area contributed by atoms with Gasteiger partial charge in [-0.15, -0.1) is 0 Å². The van der Waals surface area contributed by atoms with E-state index in [-0.39, 0.29) is 0 Å². The van der Waals surface area contributed by atoms with Gasteiger partial charge in [-0.25, -0.2) is 0 Å². The van der Waals surface area contributed by atoms with Crippen molar-refractivity contribution in [2.75, 3.05) is 26.2 Å². The van der Waals surface area contributed by atoms with Crippen LogP contribution in [0, 0.1) is 13.8 Å². The van der Waals surface area contributed by atoms with Gasteiger partial charge in [-0.1, -0.05) is 48.0 Å². The molecule has 1 aliphatic heterocycles. The number of hydrogen-bond acceptors (Lipinski definition) is 4. The second-order valence-corrected chi connectivity index (χ2v) is 9.97. The van der Waals surface area contributed by atoms with E-state index in [0.29, 0.717) is 31.9 Å². The maximum Gasteiger partial charge on any atom is 0.122 e. The van der Waals surface area contributed by atoms with Crippen molar-refractivity contribution in [2.24, 2.45) is 0 Å². The quantitative estimate of drug-likeness (QED) is 0.713. The van der Waals surface area contributed by atoms with Gasteiger partial charge in [0, 0.05) is 19.6 Å². The number of β-amino-alcohol motifs (C(OH)–C–C–N with tert-alkyl or cyclic N) is 1. The predicted molar refractivity (Wildman–Crippen MR) is 125 cm³/mol. The Balaban J connectivity index is 1.24. The van der Waals surface area contributed by atoms with Crippen molar-refractivity contribution in [1.82, 2.24) is 4.90 Å². The Kier molecular flexibility index (Phi) is 6.71. The Morgan fingerprint density at radius 1 is 0.903 bits per heavy atom. The third-order valence-corrected chi connectivity index (χ3v) is 7.32. The highest BCUT2D eigenvalue weighted by atomic mass is 16.5. The molecule has 168 valence electrons. The number of piperidine rings is 1. The third-order valence-electron chi connectivity index (χ3n) is 7.32. The molecule has 0 aromatic heterocycles. The van der Waals surface area contributed by atoms with E-state index in [9.17, 15) is 10.2 Å². The Labute approximate surface area is 186 Å². The maximum atomic E-state index is 11.2. The van der Waals surface area contributed by atoms with E-state index >= 15 is 0 Å². The number of rotatable bonds is 6. The van der Waals surface area contributed by atoms with Gasteiger partial charge in [-0.3, -0.25) is 0 Å². The molecule has 0 amide bonds. The molecule has 4 rings (SSSR count). The van der Waals surface area contributed by atoms with Gasteiger partial charge in [0.25, 0.3) is 0 Å². The molecule has 1 heterocycles. The van der Waals surface area contributed by atoms with Gasteiger partial charge >= 0.3 is 0 Å². The summed E-state index contributed by atoms with van der Waals surface area (Å²) in [5, 5.41) is 22.2. The zero-order chi connectivity index (χ0) is 21.9. The van der Waals surface area contributed by atoms with Gasteiger partial charge in [0.15, 0.2) is 0 Å². The molecule has 1 aliphatic carbocycles. The molecular weight excluding hydrogens is 386 g/mol. The Morgan fingerprint density at radius 2 is 1.58 bits per heavy atom. The molecule has 2 fully saturated rings. The lowest BCUT2D eigenvalue weighted by molar-refractivity contribution is -0.0786. The lowest BCUT2D eigenvalue weighted by atomic mass is 9.75. The number of hydrogen-bond donors (Lipinski definition) is 2. The summed E-state index contributed by atoms with van der Waals surface area (Å²) < 4.78 is 5.98. The molecule has 0 atom stereocenters. The average molecular weight is 424 g/mol. The van der Waals surface area contributed by atoms with E-state index in [4.69, 9.17) is 4.74 Å². The van der Waals surface area contributed by atoms with Gasteiger partial charge in [-0.2, -0.15) is 0 Å². The minimum atomic E-state index is -0.790. The molecule has 4 heteroatoms. The number of aliphatic hydroxyl groups is 2. The fourth-order valence-electron chi connectivity index (χ4n) is 5.23. The normalized spacial score (nSPS) is 26.5. The summed E-state index contributed by atoms with van der Waals surface area (Å²) in [7, 11) is 0. The van der Waals surface area contributed by atoms with Crippen LogP contribution in [0.5, 0.6) is 5.75 Å². The molecule has 2 aromatic rings. The summed E-state index contributed by atoms with van der Waals surface area (Å²) in [5.74, 6) is 1.42. The SMILES string of the molecule is Cc1ccc(OCC2(O)CCN(CC3(O)CCC(c4ccccc4)CC3)CC2)c(C)c1. The fourth-order valence-corrected chi connectivity index (χ4v) is 5.23. The molecule has 0 radical (unpaired) electrons. The second-order valence-electron chi connectivity index (χ2n) is 9.97. The Hall–Kier alpha value is -1.88. The van der Waals surface area contributed by atoms with Crippen LogP contribution >= 0.6 is 0 Å². The number of aryl methyl sites for hydroxylation is 2. The predicted octanol–water partition coefficient (Wildman–Crippen LogP) is 4.60. The van der Waals surface area contributed by atoms with Crippen molar-refractivity contribution in [3.8, 4) is 5.75 Å². The summed E-state index contributed by atoms with van der Waals surface area (Å²) in [6.07, 6.45) is 5.15. The third kappa shape index (κ3) is 5.68. The molecule has 0 bridgehead atoms. The van der Waals surface area contributed by atoms with Crippen LogP contribution in [0.2, 0.25) is 0 Å². The van der Waals surface area contributed by atoms with Crippen molar-refractivity contribution in [3.63, 3.8) is 0 Å². The van der Waals surface area contributed by atoms with Crippen LogP contribution in [0.3, 0.4) is 0 Å². The largest absolute Gasteiger partial charge is 0.490 e. The molecule has 2 aliphatic rings. The first kappa shape index (κ1) is 22.3. The summed E-state index contributed by atoms with van der Waals surface area (Å²) in [4.78, 5) is 2.33. The van der Waals surface area contributed by atoms with Crippen molar-refractivity contribution >= 4 is 0 Å². The minimum Gasteiger partial charge on any atom is -0.490 e. The first-order chi connectivity index (χ1) is 14.8. The van der Waals surface area contributed by atoms with Crippen LogP contribution in [0.25, 0.3) is 0 Å². The van der Waals surface area contributed by atoms with Crippen LogP contribution < -0.4 is 4.74 Å². The molecule has 31 heavy (non-hydrogen) atoms. The lowest BCUT2D eigenvalue weighted by Crippen LogP contribution is -2.52. The van der Waals surface area contributed by atoms with Crippen molar-refractivity contribution in [3.05, 3.63) is 65.2 Å². The highest BCUT2D eigenvalue weighted by Gasteiger charge is 2.39. The van der Waals surface area contributed by atoms with Crippen LogP contribution in [-0.4, -0.2) is 52.6 Å². The first-order valence-corrected chi connectivity index (χ1v) is 11.8. The van der Waals surface area contributed by atoms with E-state index in [1.165, 1.54) is 11.1 Å². The van der Waals surface area contributed by atoms with Crippen molar-refractivity contribution in [2.45, 2.75) is 69.5 Å². The smallest absolute Gasteiger partial charge is 0.122 e. The monoisotopic (exact) mass is 423 g/mol. The number of benzene rings is 2. The van der Waals surface area contributed by atoms with Gasteiger partial charge < -0.3 is 19.8 Å². The van der Waals surface area contributed by atoms with Gasteiger partial charge in [-0.05, 0) is 75.5 Å². The standard InChI is InChI=1S/C27H37NO3/c1-21-8-9-25(22(2)18-21)31-20-27(30)14-16-28(17-15-27)19-26(29)12-10-24(11-13-26)23-6-4-3-5-7-23/h3-9,18,24,29-30H,10-17,19-20H2,1-2H3. The molecule has 1 saturated heterocycles. The van der Waals surface area contributed by atoms with E-state index in [2.05, 4.69) is 48.2 Å². The van der Waals surface area contributed by atoms with Gasteiger partial charge in [0.05, 0.1) is 5.60 Å². The van der Waals surface area contributed by atoms with E-state index < -0.39 is 11.2 Å². The van der Waals surface area contributed by atoms with Gasteiger partial charge in [0.1, 0.15) is 18.0 Å². The number of ether oxygens (including phenoxy) is 1. The Morgan fingerprint density at radius 3 is 2.23 bits per heavy atom. The minimum absolute atomic E-state index is 0.327. The number of likely N-dealkylation sites (tertiary alicyclic amines) is 1. The highest BCUT2D eigenvalue weighted by molar-refractivity contribution is 5.35. The van der Waals surface area contributed by atoms with Crippen molar-refractivity contribution in [1.29, 1.82) is 0 Å². The highest BCUT2D eigenvalue weighted by Crippen LogP contribution is 2.39. The second kappa shape index (κ2) is 9.32. The first-order valence-electron chi connectivity index (χ1n) is 11.8. The Bertz CT molecular complexity index is 850. The fraction of sp³-hybridized carbons (Fsp3) is 0.556. The summed E-state index contributed by atoms with van der Waals surface area (Å²) in [6.45, 7) is 6.76. The zero-order valence-electron chi connectivity index (χ0n) is 19.0. The molecule has 2 aromatic carbocycles. The van der Waals surface area contributed by atoms with Crippen LogP contribution in [0.15, 0.2) is 48.5 Å². The van der Waals surface area contributed by atoms with Crippen LogP contribution in [-0.2, 0) is 0 Å². The van der Waals surface area contributed by atoms with Gasteiger partial charge in [0.2, 0.25) is 0 Å². The van der Waals surface area contributed by atoms with E-state index in [1.807, 2.05) is 19.1 Å². The van der Waals surface area contributed by atoms with Crippen molar-refractivity contribution < 1.29 is 14.9 Å². The molecule has 0 spiro atoms. The molecule has 1 saturated carbocycles. The molecule has 4 nitrogen and oxygen atoms in total. The average Bonchev–Trinajstić information content (AvgIpc) is 2.76.